The van der Waals surface area contributed by atoms with Crippen LogP contribution in [0.15, 0.2) is 23.6 Å². The van der Waals surface area contributed by atoms with Gasteiger partial charge in [0, 0.05) is 23.1 Å². The van der Waals surface area contributed by atoms with E-state index in [-0.39, 0.29) is 0 Å². The molecular formula is C14H16N4S. The van der Waals surface area contributed by atoms with E-state index in [1.165, 1.54) is 16.8 Å². The number of thiazole rings is 1. The third kappa shape index (κ3) is 2.05. The van der Waals surface area contributed by atoms with E-state index in [2.05, 4.69) is 52.0 Å². The van der Waals surface area contributed by atoms with E-state index in [1.807, 2.05) is 0 Å². The van der Waals surface area contributed by atoms with Gasteiger partial charge in [0.05, 0.1) is 0 Å². The molecular weight excluding hydrogens is 256 g/mol. The average Bonchev–Trinajstić information content (AvgIpc) is 2.96. The SMILES string of the molecule is Cc1ccc(-c2nnc3scc(CCN)n23)cc1C. The van der Waals surface area contributed by atoms with Crippen molar-refractivity contribution in [2.45, 2.75) is 20.3 Å². The highest BCUT2D eigenvalue weighted by molar-refractivity contribution is 7.15. The van der Waals surface area contributed by atoms with Gasteiger partial charge in [0.15, 0.2) is 5.82 Å². The van der Waals surface area contributed by atoms with Crippen LogP contribution in [0.2, 0.25) is 0 Å². The predicted octanol–water partition coefficient (Wildman–Crippen LogP) is 2.58. The van der Waals surface area contributed by atoms with Crippen LogP contribution in [0.5, 0.6) is 0 Å². The normalized spacial score (nSPS) is 11.3. The monoisotopic (exact) mass is 272 g/mol. The van der Waals surface area contributed by atoms with E-state index >= 15 is 0 Å². The minimum atomic E-state index is 0.635. The predicted molar refractivity (Wildman–Crippen MR) is 78.5 cm³/mol. The first-order valence-corrected chi connectivity index (χ1v) is 7.18. The molecule has 2 N–H and O–H groups in total. The van der Waals surface area contributed by atoms with Crippen LogP contribution >= 0.6 is 11.3 Å². The summed E-state index contributed by atoms with van der Waals surface area (Å²) in [5.41, 5.74) is 10.5. The maximum absolute atomic E-state index is 5.66. The third-order valence-corrected chi connectivity index (χ3v) is 4.25. The van der Waals surface area contributed by atoms with Crippen LogP contribution in [0.4, 0.5) is 0 Å². The minimum absolute atomic E-state index is 0.635. The van der Waals surface area contributed by atoms with Crippen LogP contribution < -0.4 is 5.73 Å². The molecule has 4 nitrogen and oxygen atoms in total. The van der Waals surface area contributed by atoms with Crippen molar-refractivity contribution >= 4 is 16.3 Å². The number of aryl methyl sites for hydroxylation is 2. The summed E-state index contributed by atoms with van der Waals surface area (Å²) in [6.07, 6.45) is 0.843. The van der Waals surface area contributed by atoms with Gasteiger partial charge < -0.3 is 5.73 Å². The Labute approximate surface area is 115 Å². The standard InChI is InChI=1S/C14H16N4S/c1-9-3-4-11(7-10(9)2)13-16-17-14-18(13)12(5-6-15)8-19-14/h3-4,7-8H,5-6,15H2,1-2H3. The molecule has 0 radical (unpaired) electrons. The Balaban J connectivity index is 2.18. The Morgan fingerprint density at radius 3 is 2.79 bits per heavy atom. The average molecular weight is 272 g/mol. The zero-order chi connectivity index (χ0) is 13.4. The lowest BCUT2D eigenvalue weighted by Crippen LogP contribution is -2.05. The Morgan fingerprint density at radius 1 is 1.21 bits per heavy atom. The summed E-state index contributed by atoms with van der Waals surface area (Å²) in [6, 6.07) is 6.39. The maximum Gasteiger partial charge on any atom is 0.216 e. The second-order valence-electron chi connectivity index (χ2n) is 4.71. The molecule has 19 heavy (non-hydrogen) atoms. The summed E-state index contributed by atoms with van der Waals surface area (Å²) in [5.74, 6) is 0.905. The topological polar surface area (TPSA) is 56.2 Å². The quantitative estimate of drug-likeness (QED) is 0.797. The molecule has 0 bridgehead atoms. The number of benzene rings is 1. The lowest BCUT2D eigenvalue weighted by atomic mass is 10.1. The zero-order valence-corrected chi connectivity index (χ0v) is 11.9. The van der Waals surface area contributed by atoms with Gasteiger partial charge in [-0.15, -0.1) is 21.5 Å². The van der Waals surface area contributed by atoms with E-state index < -0.39 is 0 Å². The number of aromatic nitrogens is 3. The fourth-order valence-corrected chi connectivity index (χ4v) is 3.03. The first kappa shape index (κ1) is 12.3. The number of rotatable bonds is 3. The van der Waals surface area contributed by atoms with E-state index in [0.29, 0.717) is 6.54 Å². The van der Waals surface area contributed by atoms with E-state index in [0.717, 1.165) is 22.8 Å². The Morgan fingerprint density at radius 2 is 2.05 bits per heavy atom. The number of hydrogen-bond donors (Lipinski definition) is 1. The number of hydrogen-bond acceptors (Lipinski definition) is 4. The first-order chi connectivity index (χ1) is 9.20. The molecule has 3 rings (SSSR count). The van der Waals surface area contributed by atoms with Gasteiger partial charge in [-0.2, -0.15) is 0 Å². The van der Waals surface area contributed by atoms with Gasteiger partial charge in [0.1, 0.15) is 0 Å². The molecule has 0 aliphatic rings. The van der Waals surface area contributed by atoms with Crippen LogP contribution in [0.25, 0.3) is 16.3 Å². The molecule has 0 fully saturated rings. The van der Waals surface area contributed by atoms with E-state index in [9.17, 15) is 0 Å². The molecule has 1 aromatic carbocycles. The minimum Gasteiger partial charge on any atom is -0.330 e. The van der Waals surface area contributed by atoms with Crippen molar-refractivity contribution in [3.05, 3.63) is 40.4 Å². The van der Waals surface area contributed by atoms with Crippen LogP contribution in [0.1, 0.15) is 16.8 Å². The summed E-state index contributed by atoms with van der Waals surface area (Å²) >= 11 is 1.61. The van der Waals surface area contributed by atoms with Gasteiger partial charge in [-0.05, 0) is 37.6 Å². The van der Waals surface area contributed by atoms with Gasteiger partial charge in [0.2, 0.25) is 4.96 Å². The molecule has 5 heteroatoms. The molecule has 0 amide bonds. The first-order valence-electron chi connectivity index (χ1n) is 6.30. The summed E-state index contributed by atoms with van der Waals surface area (Å²) < 4.78 is 2.11. The zero-order valence-electron chi connectivity index (χ0n) is 11.1. The molecule has 0 spiro atoms. The molecule has 0 saturated heterocycles. The highest BCUT2D eigenvalue weighted by atomic mass is 32.1. The Hall–Kier alpha value is -1.72. The smallest absolute Gasteiger partial charge is 0.216 e. The molecule has 3 aromatic rings. The number of fused-ring (bicyclic) bond motifs is 1. The van der Waals surface area contributed by atoms with Crippen molar-refractivity contribution in [1.29, 1.82) is 0 Å². The molecule has 0 aliphatic heterocycles. The summed E-state index contributed by atoms with van der Waals surface area (Å²) in [6.45, 7) is 4.87. The van der Waals surface area contributed by atoms with Crippen LogP contribution in [0.3, 0.4) is 0 Å². The van der Waals surface area contributed by atoms with E-state index in [4.69, 9.17) is 5.73 Å². The van der Waals surface area contributed by atoms with Gasteiger partial charge in [0.25, 0.3) is 0 Å². The molecule has 0 unspecified atom stereocenters. The highest BCUT2D eigenvalue weighted by Gasteiger charge is 2.13. The second kappa shape index (κ2) is 4.75. The fraction of sp³-hybridized carbons (Fsp3) is 0.286. The lowest BCUT2D eigenvalue weighted by molar-refractivity contribution is 0.907. The van der Waals surface area contributed by atoms with Gasteiger partial charge >= 0.3 is 0 Å². The van der Waals surface area contributed by atoms with Crippen molar-refractivity contribution in [2.24, 2.45) is 5.73 Å². The van der Waals surface area contributed by atoms with Crippen molar-refractivity contribution in [2.75, 3.05) is 6.54 Å². The van der Waals surface area contributed by atoms with Gasteiger partial charge in [-0.25, -0.2) is 0 Å². The van der Waals surface area contributed by atoms with Gasteiger partial charge in [-0.1, -0.05) is 12.1 Å². The fourth-order valence-electron chi connectivity index (χ4n) is 2.16. The highest BCUT2D eigenvalue weighted by Crippen LogP contribution is 2.25. The van der Waals surface area contributed by atoms with Crippen molar-refractivity contribution in [3.63, 3.8) is 0 Å². The van der Waals surface area contributed by atoms with Gasteiger partial charge in [-0.3, -0.25) is 4.40 Å². The molecule has 2 aromatic heterocycles. The van der Waals surface area contributed by atoms with Crippen molar-refractivity contribution < 1.29 is 0 Å². The molecule has 0 saturated carbocycles. The Kier molecular flexibility index (Phi) is 3.08. The van der Waals surface area contributed by atoms with Crippen molar-refractivity contribution in [1.82, 2.24) is 14.6 Å². The van der Waals surface area contributed by atoms with E-state index in [1.54, 1.807) is 11.3 Å². The third-order valence-electron chi connectivity index (χ3n) is 3.39. The number of nitrogens with zero attached hydrogens (tertiary/aromatic N) is 3. The molecule has 0 aliphatic carbocycles. The lowest BCUT2D eigenvalue weighted by Gasteiger charge is -2.05. The molecule has 2 heterocycles. The number of nitrogens with two attached hydrogens (primary N) is 1. The van der Waals surface area contributed by atoms with Crippen LogP contribution in [-0.2, 0) is 6.42 Å². The second-order valence-corrected chi connectivity index (χ2v) is 5.54. The summed E-state index contributed by atoms with van der Waals surface area (Å²) in [4.78, 5) is 0.927. The largest absolute Gasteiger partial charge is 0.330 e. The van der Waals surface area contributed by atoms with Crippen molar-refractivity contribution in [3.8, 4) is 11.4 Å². The molecule has 98 valence electrons. The summed E-state index contributed by atoms with van der Waals surface area (Å²) in [5, 5.41) is 10.7. The van der Waals surface area contributed by atoms with Crippen LogP contribution in [0, 0.1) is 13.8 Å². The maximum atomic E-state index is 5.66. The Bertz CT molecular complexity index is 726. The molecule has 0 atom stereocenters. The van der Waals surface area contributed by atoms with Crippen LogP contribution in [-0.4, -0.2) is 21.1 Å². The summed E-state index contributed by atoms with van der Waals surface area (Å²) in [7, 11) is 0.